The highest BCUT2D eigenvalue weighted by Crippen LogP contribution is 2.34. The van der Waals surface area contributed by atoms with Crippen molar-refractivity contribution >= 4 is 17.2 Å². The molecule has 1 aromatic rings. The molecule has 0 saturated carbocycles. The van der Waals surface area contributed by atoms with Gasteiger partial charge in [0, 0.05) is 5.02 Å². The van der Waals surface area contributed by atoms with Crippen LogP contribution in [0.2, 0.25) is 5.02 Å². The molecule has 0 fully saturated rings. The van der Waals surface area contributed by atoms with Gasteiger partial charge in [0.05, 0.1) is 0 Å². The predicted octanol–water partition coefficient (Wildman–Crippen LogP) is 3.69. The van der Waals surface area contributed by atoms with E-state index < -0.39 is 0 Å². The van der Waals surface area contributed by atoms with Crippen LogP contribution in [-0.2, 0) is 6.42 Å². The lowest BCUT2D eigenvalue weighted by Crippen LogP contribution is -2.01. The van der Waals surface area contributed by atoms with Crippen LogP contribution < -0.4 is 0 Å². The summed E-state index contributed by atoms with van der Waals surface area (Å²) in [4.78, 5) is 0. The van der Waals surface area contributed by atoms with Gasteiger partial charge < -0.3 is 0 Å². The molecule has 0 aromatic heterocycles. The Morgan fingerprint density at radius 3 is 2.83 bits per heavy atom. The molecule has 12 heavy (non-hydrogen) atoms. The maximum atomic E-state index is 6.08. The molecule has 0 heterocycles. The largest absolute Gasteiger partial charge is 0.0952 e. The molecular formula is C11H11Cl. The summed E-state index contributed by atoms with van der Waals surface area (Å²) in [6, 6.07) is 6.10. The SMILES string of the molecule is C=C1CCCc2cccc(Cl)c21. The Hall–Kier alpha value is -0.750. The van der Waals surface area contributed by atoms with E-state index >= 15 is 0 Å². The van der Waals surface area contributed by atoms with E-state index in [1.54, 1.807) is 0 Å². The minimum absolute atomic E-state index is 0.859. The van der Waals surface area contributed by atoms with Crippen LogP contribution in [0.4, 0.5) is 0 Å². The molecule has 0 atom stereocenters. The molecule has 1 heteroatoms. The molecule has 0 spiro atoms. The fraction of sp³-hybridized carbons (Fsp3) is 0.273. The Morgan fingerprint density at radius 2 is 2.08 bits per heavy atom. The fourth-order valence-corrected chi connectivity index (χ4v) is 2.12. The van der Waals surface area contributed by atoms with Gasteiger partial charge in [-0.1, -0.05) is 30.3 Å². The average Bonchev–Trinajstić information content (AvgIpc) is 2.04. The molecule has 1 aliphatic rings. The number of hydrogen-bond acceptors (Lipinski definition) is 0. The third-order valence-corrected chi connectivity index (χ3v) is 2.69. The molecule has 2 rings (SSSR count). The third kappa shape index (κ3) is 1.16. The molecule has 0 radical (unpaired) electrons. The summed E-state index contributed by atoms with van der Waals surface area (Å²) < 4.78 is 0. The molecule has 0 nitrogen and oxygen atoms in total. The molecule has 62 valence electrons. The summed E-state index contributed by atoms with van der Waals surface area (Å²) in [5.41, 5.74) is 3.76. The van der Waals surface area contributed by atoms with Crippen LogP contribution >= 0.6 is 11.6 Å². The van der Waals surface area contributed by atoms with E-state index in [0.717, 1.165) is 17.9 Å². The lowest BCUT2D eigenvalue weighted by atomic mass is 9.88. The lowest BCUT2D eigenvalue weighted by Gasteiger charge is -2.18. The number of hydrogen-bond donors (Lipinski definition) is 0. The highest BCUT2D eigenvalue weighted by atomic mass is 35.5. The summed E-state index contributed by atoms with van der Waals surface area (Å²) in [7, 11) is 0. The number of fused-ring (bicyclic) bond motifs is 1. The number of halogens is 1. The zero-order valence-electron chi connectivity index (χ0n) is 6.94. The Kier molecular flexibility index (Phi) is 1.93. The van der Waals surface area contributed by atoms with Gasteiger partial charge in [0.15, 0.2) is 0 Å². The predicted molar refractivity (Wildman–Crippen MR) is 53.4 cm³/mol. The van der Waals surface area contributed by atoms with Gasteiger partial charge in [-0.15, -0.1) is 0 Å². The summed E-state index contributed by atoms with van der Waals surface area (Å²) in [5.74, 6) is 0. The van der Waals surface area contributed by atoms with Crippen molar-refractivity contribution in [2.24, 2.45) is 0 Å². The third-order valence-electron chi connectivity index (χ3n) is 2.38. The van der Waals surface area contributed by atoms with Gasteiger partial charge in [-0.2, -0.15) is 0 Å². The Labute approximate surface area is 77.9 Å². The Balaban J connectivity index is 2.60. The normalized spacial score (nSPS) is 15.9. The van der Waals surface area contributed by atoms with E-state index in [9.17, 15) is 0 Å². The van der Waals surface area contributed by atoms with Gasteiger partial charge in [0.25, 0.3) is 0 Å². The summed E-state index contributed by atoms with van der Waals surface area (Å²) in [6.07, 6.45) is 3.46. The first-order valence-corrected chi connectivity index (χ1v) is 4.62. The first-order chi connectivity index (χ1) is 5.79. The topological polar surface area (TPSA) is 0 Å². The van der Waals surface area contributed by atoms with E-state index in [1.165, 1.54) is 23.1 Å². The van der Waals surface area contributed by atoms with E-state index in [2.05, 4.69) is 12.6 Å². The summed E-state index contributed by atoms with van der Waals surface area (Å²) in [6.45, 7) is 4.03. The molecular weight excluding hydrogens is 168 g/mol. The Bertz CT molecular complexity index is 326. The van der Waals surface area contributed by atoms with Crippen molar-refractivity contribution in [1.29, 1.82) is 0 Å². The van der Waals surface area contributed by atoms with Crippen LogP contribution in [0.15, 0.2) is 24.8 Å². The number of aryl methyl sites for hydroxylation is 1. The highest BCUT2D eigenvalue weighted by molar-refractivity contribution is 6.32. The summed E-state index contributed by atoms with van der Waals surface area (Å²) in [5, 5.41) is 0.859. The van der Waals surface area contributed by atoms with Crippen LogP contribution in [0.25, 0.3) is 5.57 Å². The van der Waals surface area contributed by atoms with Crippen molar-refractivity contribution in [1.82, 2.24) is 0 Å². The highest BCUT2D eigenvalue weighted by Gasteiger charge is 2.14. The molecule has 0 bridgehead atoms. The van der Waals surface area contributed by atoms with E-state index in [-0.39, 0.29) is 0 Å². The van der Waals surface area contributed by atoms with Crippen LogP contribution in [-0.4, -0.2) is 0 Å². The molecule has 1 aliphatic carbocycles. The first-order valence-electron chi connectivity index (χ1n) is 4.24. The monoisotopic (exact) mass is 178 g/mol. The second-order valence-corrected chi connectivity index (χ2v) is 3.64. The molecule has 0 saturated heterocycles. The smallest absolute Gasteiger partial charge is 0.0483 e. The molecule has 0 aliphatic heterocycles. The molecule has 0 unspecified atom stereocenters. The van der Waals surface area contributed by atoms with Crippen molar-refractivity contribution in [3.8, 4) is 0 Å². The van der Waals surface area contributed by atoms with E-state index in [4.69, 9.17) is 11.6 Å². The second kappa shape index (κ2) is 2.95. The van der Waals surface area contributed by atoms with Gasteiger partial charge in [-0.25, -0.2) is 0 Å². The second-order valence-electron chi connectivity index (χ2n) is 3.23. The lowest BCUT2D eigenvalue weighted by molar-refractivity contribution is 0.823. The average molecular weight is 179 g/mol. The zero-order valence-corrected chi connectivity index (χ0v) is 7.69. The van der Waals surface area contributed by atoms with Gasteiger partial charge >= 0.3 is 0 Å². The minimum atomic E-state index is 0.859. The van der Waals surface area contributed by atoms with Gasteiger partial charge in [-0.3, -0.25) is 0 Å². The Morgan fingerprint density at radius 1 is 1.25 bits per heavy atom. The standard InChI is InChI=1S/C11H11Cl/c1-8-4-2-5-9-6-3-7-10(12)11(8)9/h3,6-7H,1-2,4-5H2. The van der Waals surface area contributed by atoms with Crippen LogP contribution in [0.1, 0.15) is 24.0 Å². The van der Waals surface area contributed by atoms with Crippen LogP contribution in [0.5, 0.6) is 0 Å². The van der Waals surface area contributed by atoms with Gasteiger partial charge in [-0.05, 0) is 42.0 Å². The summed E-state index contributed by atoms with van der Waals surface area (Å²) >= 11 is 6.08. The van der Waals surface area contributed by atoms with Crippen molar-refractivity contribution in [2.45, 2.75) is 19.3 Å². The zero-order chi connectivity index (χ0) is 8.55. The maximum Gasteiger partial charge on any atom is 0.0483 e. The number of benzene rings is 1. The minimum Gasteiger partial charge on any atom is -0.0952 e. The maximum absolute atomic E-state index is 6.08. The molecule has 0 N–H and O–H groups in total. The van der Waals surface area contributed by atoms with Gasteiger partial charge in [0.2, 0.25) is 0 Å². The van der Waals surface area contributed by atoms with Crippen molar-refractivity contribution < 1.29 is 0 Å². The van der Waals surface area contributed by atoms with Crippen molar-refractivity contribution in [3.63, 3.8) is 0 Å². The number of allylic oxidation sites excluding steroid dienone is 1. The van der Waals surface area contributed by atoms with Crippen LogP contribution in [0, 0.1) is 0 Å². The fourth-order valence-electron chi connectivity index (χ4n) is 1.79. The molecule has 1 aromatic carbocycles. The van der Waals surface area contributed by atoms with Crippen LogP contribution in [0.3, 0.4) is 0 Å². The number of rotatable bonds is 0. The van der Waals surface area contributed by atoms with Crippen molar-refractivity contribution in [2.75, 3.05) is 0 Å². The quantitative estimate of drug-likeness (QED) is 0.569. The van der Waals surface area contributed by atoms with Gasteiger partial charge in [0.1, 0.15) is 0 Å². The van der Waals surface area contributed by atoms with E-state index in [0.29, 0.717) is 0 Å². The van der Waals surface area contributed by atoms with Crippen molar-refractivity contribution in [3.05, 3.63) is 40.9 Å². The van der Waals surface area contributed by atoms with E-state index in [1.807, 2.05) is 12.1 Å². The first kappa shape index (κ1) is 7.88. The molecule has 0 amide bonds.